The molecule has 214 valence electrons. The molecule has 1 fully saturated rings. The molecule has 0 aliphatic carbocycles. The number of benzene rings is 4. The van der Waals surface area contributed by atoms with Crippen LogP contribution < -0.4 is 15.9 Å². The number of hydrogen-bond donors (Lipinski definition) is 1. The lowest BCUT2D eigenvalue weighted by Gasteiger charge is -2.53. The molecule has 4 aromatic rings. The number of likely N-dealkylation sites (tertiary alicyclic amines) is 1. The molecule has 0 aromatic heterocycles. The Bertz CT molecular complexity index is 1490. The Balaban J connectivity index is 1.88. The molecule has 1 heterocycles. The number of nitrogens with zero attached hydrogens (tertiary/aromatic N) is 1. The minimum Gasteiger partial charge on any atom is -0.456 e. The maximum absolute atomic E-state index is 14.7. The summed E-state index contributed by atoms with van der Waals surface area (Å²) in [5.41, 5.74) is -0.132. The second-order valence-corrected chi connectivity index (χ2v) is 14.3. The molecule has 42 heavy (non-hydrogen) atoms. The molecule has 5 rings (SSSR count). The number of aliphatic hydroxyl groups is 1. The van der Waals surface area contributed by atoms with E-state index in [-0.39, 0.29) is 12.5 Å². The molecular weight excluding hydrogens is 541 g/mol. The molecule has 1 aliphatic rings. The fourth-order valence-electron chi connectivity index (χ4n) is 5.94. The Hall–Kier alpha value is -4.18. The van der Waals surface area contributed by atoms with Crippen molar-refractivity contribution in [2.75, 3.05) is 0 Å². The van der Waals surface area contributed by atoms with Crippen LogP contribution in [0, 0.1) is 5.92 Å². The van der Waals surface area contributed by atoms with Crippen molar-refractivity contribution in [1.82, 2.24) is 4.90 Å². The van der Waals surface area contributed by atoms with Gasteiger partial charge < -0.3 is 14.7 Å². The van der Waals surface area contributed by atoms with Gasteiger partial charge in [-0.1, -0.05) is 127 Å². The third-order valence-electron chi connectivity index (χ3n) is 7.76. The SMILES string of the molecule is C=CC[C@@H]1[C@H](C(C)(C)O)C(=O)N1C(C(=O)OCc1ccccc1)=P(c1ccccc1)(c1ccccc1)c1ccccc1. The molecule has 1 N–H and O–H groups in total. The Morgan fingerprint density at radius 1 is 0.833 bits per heavy atom. The molecule has 1 amide bonds. The lowest BCUT2D eigenvalue weighted by atomic mass is 9.74. The van der Waals surface area contributed by atoms with E-state index in [0.717, 1.165) is 21.5 Å². The van der Waals surface area contributed by atoms with Gasteiger partial charge in [0.15, 0.2) is 0 Å². The molecule has 0 bridgehead atoms. The lowest BCUT2D eigenvalue weighted by Crippen LogP contribution is -2.70. The number of rotatable bonds is 10. The molecule has 0 radical (unpaired) electrons. The first-order chi connectivity index (χ1) is 20.3. The summed E-state index contributed by atoms with van der Waals surface area (Å²) in [7, 11) is 0. The van der Waals surface area contributed by atoms with Crippen LogP contribution in [0.2, 0.25) is 0 Å². The van der Waals surface area contributed by atoms with E-state index in [1.54, 1.807) is 24.8 Å². The van der Waals surface area contributed by atoms with Gasteiger partial charge in [-0.15, -0.1) is 6.58 Å². The van der Waals surface area contributed by atoms with Crippen LogP contribution in [0.25, 0.3) is 0 Å². The quantitative estimate of drug-likeness (QED) is 0.124. The highest BCUT2D eigenvalue weighted by molar-refractivity contribution is 7.96. The minimum absolute atomic E-state index is 0.0601. The standard InChI is InChI=1S/C36H36NO4P/c1-4-17-31-32(36(2,3)40)33(38)37(31)34(35(39)41-26-27-18-9-5-10-19-27)42(28-20-11-6-12-21-28,29-22-13-7-14-23-29)30-24-15-8-16-25-30/h4-16,18-25,31-32,40H,1,17,26H2,2-3H3/t31-,32+/m1/s1. The van der Waals surface area contributed by atoms with Crippen LogP contribution in [-0.4, -0.2) is 38.9 Å². The third kappa shape index (κ3) is 5.38. The van der Waals surface area contributed by atoms with Gasteiger partial charge >= 0.3 is 5.97 Å². The lowest BCUT2D eigenvalue weighted by molar-refractivity contribution is -0.165. The summed E-state index contributed by atoms with van der Waals surface area (Å²) in [6.07, 6.45) is 2.15. The predicted octanol–water partition coefficient (Wildman–Crippen LogP) is 5.03. The molecule has 1 saturated heterocycles. The summed E-state index contributed by atoms with van der Waals surface area (Å²) in [6, 6.07) is 38.8. The number of ether oxygens (including phenoxy) is 1. The van der Waals surface area contributed by atoms with Crippen LogP contribution in [0.4, 0.5) is 0 Å². The summed E-state index contributed by atoms with van der Waals surface area (Å²) in [5, 5.41) is 13.8. The van der Waals surface area contributed by atoms with Gasteiger partial charge in [-0.25, -0.2) is 4.79 Å². The maximum Gasteiger partial charge on any atom is 0.356 e. The van der Waals surface area contributed by atoms with E-state index in [9.17, 15) is 14.7 Å². The number of β-lactam (4-membered cyclic amide) rings is 1. The zero-order valence-corrected chi connectivity index (χ0v) is 24.9. The molecule has 6 heteroatoms. The predicted molar refractivity (Wildman–Crippen MR) is 172 cm³/mol. The van der Waals surface area contributed by atoms with E-state index in [2.05, 4.69) is 6.58 Å². The largest absolute Gasteiger partial charge is 0.456 e. The van der Waals surface area contributed by atoms with Crippen molar-refractivity contribution in [1.29, 1.82) is 0 Å². The van der Waals surface area contributed by atoms with Crippen molar-refractivity contribution in [3.63, 3.8) is 0 Å². The van der Waals surface area contributed by atoms with E-state index >= 15 is 0 Å². The maximum atomic E-state index is 14.7. The van der Waals surface area contributed by atoms with E-state index < -0.39 is 30.4 Å². The molecule has 2 atom stereocenters. The molecular formula is C36H36NO4P. The zero-order valence-electron chi connectivity index (χ0n) is 24.0. The van der Waals surface area contributed by atoms with Gasteiger partial charge in [-0.05, 0) is 41.7 Å². The number of carbonyl (C=O) groups is 2. The van der Waals surface area contributed by atoms with Crippen LogP contribution in [0.1, 0.15) is 25.8 Å². The number of hydrogen-bond acceptors (Lipinski definition) is 4. The van der Waals surface area contributed by atoms with Gasteiger partial charge in [0.2, 0.25) is 5.91 Å². The van der Waals surface area contributed by atoms with E-state index in [4.69, 9.17) is 4.74 Å². The number of esters is 1. The highest BCUT2D eigenvalue weighted by atomic mass is 31.2. The first-order valence-corrected chi connectivity index (χ1v) is 15.9. The summed E-state index contributed by atoms with van der Waals surface area (Å²) >= 11 is 0. The van der Waals surface area contributed by atoms with Gasteiger partial charge in [0, 0.05) is 6.89 Å². The second kappa shape index (κ2) is 12.4. The van der Waals surface area contributed by atoms with E-state index in [1.807, 2.05) is 121 Å². The topological polar surface area (TPSA) is 66.8 Å². The fraction of sp³-hybridized carbons (Fsp3) is 0.194. The van der Waals surface area contributed by atoms with Crippen LogP contribution in [-0.2, 0) is 20.9 Å². The molecule has 1 aliphatic heterocycles. The highest BCUT2D eigenvalue weighted by Crippen LogP contribution is 2.50. The van der Waals surface area contributed by atoms with Gasteiger partial charge in [0.05, 0.1) is 17.6 Å². The van der Waals surface area contributed by atoms with Crippen LogP contribution in [0.5, 0.6) is 0 Å². The van der Waals surface area contributed by atoms with Crippen molar-refractivity contribution in [2.45, 2.75) is 38.5 Å². The molecule has 0 saturated carbocycles. The number of carbonyl (C=O) groups excluding carboxylic acids is 2. The summed E-state index contributed by atoms with van der Waals surface area (Å²) in [4.78, 5) is 30.4. The average Bonchev–Trinajstić information content (AvgIpc) is 3.01. The van der Waals surface area contributed by atoms with Crippen molar-refractivity contribution in [3.05, 3.63) is 140 Å². The van der Waals surface area contributed by atoms with Crippen LogP contribution in [0.15, 0.2) is 134 Å². The first-order valence-electron chi connectivity index (χ1n) is 14.1. The fourth-order valence-corrected chi connectivity index (χ4v) is 10.3. The second-order valence-electron chi connectivity index (χ2n) is 11.0. The Morgan fingerprint density at radius 3 is 1.67 bits per heavy atom. The Labute approximate surface area is 248 Å². The van der Waals surface area contributed by atoms with Crippen LogP contribution in [0.3, 0.4) is 0 Å². The van der Waals surface area contributed by atoms with Crippen molar-refractivity contribution >= 4 is 40.1 Å². The normalized spacial score (nSPS) is 16.8. The van der Waals surface area contributed by atoms with Crippen molar-refractivity contribution < 1.29 is 19.4 Å². The highest BCUT2D eigenvalue weighted by Gasteiger charge is 2.57. The Morgan fingerprint density at radius 2 is 1.26 bits per heavy atom. The molecule has 0 spiro atoms. The molecule has 5 nitrogen and oxygen atoms in total. The summed E-state index contributed by atoms with van der Waals surface area (Å²) < 4.78 is 6.08. The first kappa shape index (κ1) is 29.3. The average molecular weight is 578 g/mol. The van der Waals surface area contributed by atoms with E-state index in [1.165, 1.54) is 0 Å². The number of amides is 1. The third-order valence-corrected chi connectivity index (χ3v) is 12.0. The minimum atomic E-state index is -3.01. The van der Waals surface area contributed by atoms with Gasteiger partial charge in [-0.3, -0.25) is 4.79 Å². The Kier molecular flexibility index (Phi) is 8.63. The van der Waals surface area contributed by atoms with Gasteiger partial charge in [0.25, 0.3) is 0 Å². The molecule has 0 unspecified atom stereocenters. The van der Waals surface area contributed by atoms with Crippen molar-refractivity contribution in [3.8, 4) is 0 Å². The summed E-state index contributed by atoms with van der Waals surface area (Å²) in [5.74, 6) is -1.55. The molecule has 4 aromatic carbocycles. The van der Waals surface area contributed by atoms with Gasteiger partial charge in [0.1, 0.15) is 12.0 Å². The van der Waals surface area contributed by atoms with Crippen LogP contribution >= 0.6 is 6.89 Å². The smallest absolute Gasteiger partial charge is 0.356 e. The monoisotopic (exact) mass is 577 g/mol. The summed E-state index contributed by atoms with van der Waals surface area (Å²) in [6.45, 7) is 4.28. The zero-order chi connectivity index (χ0) is 29.7. The van der Waals surface area contributed by atoms with E-state index in [0.29, 0.717) is 11.8 Å². The van der Waals surface area contributed by atoms with Crippen molar-refractivity contribution in [2.24, 2.45) is 5.92 Å². The van der Waals surface area contributed by atoms with Gasteiger partial charge in [-0.2, -0.15) is 0 Å².